The highest BCUT2D eigenvalue weighted by atomic mass is 79.9. The van der Waals surface area contributed by atoms with Gasteiger partial charge in [0.05, 0.1) is 64.8 Å². The van der Waals surface area contributed by atoms with E-state index in [2.05, 4.69) is 115 Å². The molecular weight excluding hydrogens is 1400 g/mol. The van der Waals surface area contributed by atoms with E-state index in [1.54, 1.807) is 28.0 Å². The van der Waals surface area contributed by atoms with Gasteiger partial charge in [0.25, 0.3) is 0 Å². The van der Waals surface area contributed by atoms with Gasteiger partial charge in [0.15, 0.2) is 11.6 Å². The maximum Gasteiger partial charge on any atom is 0.322 e. The Morgan fingerprint density at radius 1 is 0.457 bits per heavy atom. The van der Waals surface area contributed by atoms with Crippen LogP contribution >= 0.6 is 47.8 Å². The predicted molar refractivity (Wildman–Crippen MR) is 365 cm³/mol. The van der Waals surface area contributed by atoms with Gasteiger partial charge in [0.1, 0.15) is 4.60 Å². The number of nitrogens with zero attached hydrogens (tertiary/aromatic N) is 9. The molecule has 0 atom stereocenters. The number of aromatic amines is 4. The van der Waals surface area contributed by atoms with Crippen molar-refractivity contribution in [1.29, 1.82) is 0 Å². The normalized spacial score (nSPS) is 17.4. The number of hydrogen-bond donors (Lipinski definition) is 8. The van der Waals surface area contributed by atoms with Crippen LogP contribution in [0, 0.1) is 18.6 Å². The number of anilines is 4. The molecular formula is C68H76Br3F2N17O4. The van der Waals surface area contributed by atoms with E-state index in [4.69, 9.17) is 0 Å². The summed E-state index contributed by atoms with van der Waals surface area (Å²) in [5.74, 6) is 1.19. The first-order chi connectivity index (χ1) is 45.7. The standard InChI is InChI=1S/C18H22N4O.C17H18BrFN4O.C17H19BrN4O.C16H17BrFN5O/c1-12-4-2-7-14(10-12)19-18(23)22-9-8-16-15(11-22)17(21-20-16)13-5-3-6-13;18-12-5-2-6-14(15(12)19)20-17(24)23-8-7-13-11(9-23)16(22-21-13)10-3-1-4-10;18-12-5-2-6-13(9-12)19-17(23)22-8-7-15-14(10-22)16(21-20-15)11-3-1-4-11;17-15-13(18)12(4-6-19-15)20-16(24)23-7-5-11-10(8-23)14(22-21-11)9-2-1-3-9/h2,4,7,10,13H,3,5-6,8-9,11H2,1H3,(H,19,23)(H,20,21);2,5-6,10H,1,3-4,7-9H2,(H,20,24)(H,21,22);2,5-6,9,11H,1,3-4,7-8,10H2,(H,19,23)(H,20,21);4,6,9H,1-3,5,7-8H2,(H,21,22)(H,19,20,24). The molecule has 0 spiro atoms. The summed E-state index contributed by atoms with van der Waals surface area (Å²) in [6.07, 6.45) is 19.3. The number of urea groups is 4. The topological polar surface area (TPSA) is 257 Å². The molecule has 4 fully saturated rings. The Morgan fingerprint density at radius 3 is 1.19 bits per heavy atom. The number of amides is 8. The molecule has 8 amide bonds. The highest BCUT2D eigenvalue weighted by molar-refractivity contribution is 9.11. The summed E-state index contributed by atoms with van der Waals surface area (Å²) in [4.78, 5) is 61.1. The smallest absolute Gasteiger partial charge is 0.320 e. The van der Waals surface area contributed by atoms with Gasteiger partial charge in [-0.15, -0.1) is 0 Å². The van der Waals surface area contributed by atoms with Gasteiger partial charge in [0, 0.05) is 143 Å². The first kappa shape index (κ1) is 64.7. The van der Waals surface area contributed by atoms with Crippen molar-refractivity contribution in [3.8, 4) is 0 Å². The van der Waals surface area contributed by atoms with Crippen molar-refractivity contribution < 1.29 is 28.0 Å². The molecule has 4 saturated carbocycles. The second-order valence-electron chi connectivity index (χ2n) is 25.6. The molecule has 5 aromatic heterocycles. The average molecular weight is 1470 g/mol. The third-order valence-corrected chi connectivity index (χ3v) is 21.3. The third kappa shape index (κ3) is 14.5. The molecule has 26 heteroatoms. The zero-order chi connectivity index (χ0) is 65.0. The van der Waals surface area contributed by atoms with Crippen LogP contribution in [0.4, 0.5) is 50.7 Å². The summed E-state index contributed by atoms with van der Waals surface area (Å²) in [7, 11) is 0. The SMILES string of the molecule is Cc1cccc(NC(=O)N2CCc3[nH]nc(C4CCC4)c3C2)c1.O=C(Nc1cccc(Br)c1)N1CCc2[nH]nc(C3CCC3)c2C1.O=C(Nc1cccc(Br)c1F)N1CCc2[nH]nc(C3CCC3)c2C1.O=C(Nc1ccnc(Br)c1F)N1CCc2[nH]nc(C3CCC3)c2C1. The summed E-state index contributed by atoms with van der Waals surface area (Å²) >= 11 is 9.59. The van der Waals surface area contributed by atoms with Crippen LogP contribution < -0.4 is 21.3 Å². The molecule has 3 aromatic carbocycles. The number of pyridine rings is 1. The Morgan fingerprint density at radius 2 is 0.819 bits per heavy atom. The van der Waals surface area contributed by atoms with Crippen molar-refractivity contribution in [1.82, 2.24) is 65.4 Å². The van der Waals surface area contributed by atoms with E-state index in [0.717, 1.165) is 94.1 Å². The number of nitrogens with one attached hydrogen (secondary N) is 8. The minimum Gasteiger partial charge on any atom is -0.320 e. The molecule has 94 heavy (non-hydrogen) atoms. The van der Waals surface area contributed by atoms with Crippen LogP contribution in [0.3, 0.4) is 0 Å². The Balaban J connectivity index is 0.000000114. The van der Waals surface area contributed by atoms with Crippen molar-refractivity contribution >= 4 is 94.7 Å². The van der Waals surface area contributed by atoms with E-state index < -0.39 is 11.6 Å². The van der Waals surface area contributed by atoms with Crippen molar-refractivity contribution in [3.63, 3.8) is 0 Å². The maximum atomic E-state index is 14.0. The zero-order valence-corrected chi connectivity index (χ0v) is 57.1. The summed E-state index contributed by atoms with van der Waals surface area (Å²) < 4.78 is 29.4. The fraction of sp³-hybridized carbons (Fsp3) is 0.426. The summed E-state index contributed by atoms with van der Waals surface area (Å²) in [6, 6.07) is 21.2. The summed E-state index contributed by atoms with van der Waals surface area (Å²) in [6.45, 7) is 7.01. The van der Waals surface area contributed by atoms with Gasteiger partial charge in [-0.2, -0.15) is 20.4 Å². The Bertz CT molecular complexity index is 3820. The van der Waals surface area contributed by atoms with Gasteiger partial charge in [-0.25, -0.2) is 32.9 Å². The molecule has 9 heterocycles. The van der Waals surface area contributed by atoms with Gasteiger partial charge in [0.2, 0.25) is 0 Å². The monoisotopic (exact) mass is 1470 g/mol. The van der Waals surface area contributed by atoms with Crippen LogP contribution in [-0.4, -0.2) is 116 Å². The lowest BCUT2D eigenvalue weighted by atomic mass is 9.81. The van der Waals surface area contributed by atoms with Crippen molar-refractivity contribution in [3.05, 3.63) is 178 Å². The average Bonchev–Trinajstić information content (AvgIpc) is 1.69. The molecule has 21 nitrogen and oxygen atoms in total. The first-order valence-electron chi connectivity index (χ1n) is 32.7. The third-order valence-electron chi connectivity index (χ3n) is 19.6. The number of aryl methyl sites for hydroxylation is 1. The van der Waals surface area contributed by atoms with Crippen LogP contribution in [0.2, 0.25) is 0 Å². The Hall–Kier alpha value is -7.97. The van der Waals surface area contributed by atoms with Crippen LogP contribution in [0.25, 0.3) is 0 Å². The molecule has 492 valence electrons. The maximum absolute atomic E-state index is 14.0. The van der Waals surface area contributed by atoms with Crippen molar-refractivity contribution in [2.45, 2.75) is 160 Å². The number of halogens is 5. The number of carbonyl (C=O) groups is 4. The summed E-state index contributed by atoms with van der Waals surface area (Å²) in [5, 5.41) is 41.9. The van der Waals surface area contributed by atoms with E-state index in [-0.39, 0.29) is 40.1 Å². The minimum atomic E-state index is -0.568. The van der Waals surface area contributed by atoms with E-state index >= 15 is 0 Å². The largest absolute Gasteiger partial charge is 0.322 e. The van der Waals surface area contributed by atoms with Crippen molar-refractivity contribution in [2.24, 2.45) is 0 Å². The minimum absolute atomic E-state index is 0.0259. The molecule has 8 N–H and O–H groups in total. The fourth-order valence-electron chi connectivity index (χ4n) is 13.2. The van der Waals surface area contributed by atoms with Crippen LogP contribution in [-0.2, 0) is 51.9 Å². The lowest BCUT2D eigenvalue weighted by Gasteiger charge is -2.30. The van der Waals surface area contributed by atoms with Gasteiger partial charge < -0.3 is 40.9 Å². The zero-order valence-electron chi connectivity index (χ0n) is 52.3. The lowest BCUT2D eigenvalue weighted by Crippen LogP contribution is -2.39. The van der Waals surface area contributed by atoms with Gasteiger partial charge in [-0.05, 0) is 144 Å². The summed E-state index contributed by atoms with van der Waals surface area (Å²) in [5.41, 5.74) is 17.2. The Labute approximate surface area is 568 Å². The molecule has 0 bridgehead atoms. The van der Waals surface area contributed by atoms with Crippen LogP contribution in [0.5, 0.6) is 0 Å². The first-order valence-corrected chi connectivity index (χ1v) is 35.1. The molecule has 4 aliphatic heterocycles. The van der Waals surface area contributed by atoms with Crippen molar-refractivity contribution in [2.75, 3.05) is 47.4 Å². The quantitative estimate of drug-likeness (QED) is 0.0672. The molecule has 8 aliphatic rings. The van der Waals surface area contributed by atoms with Gasteiger partial charge >= 0.3 is 24.1 Å². The lowest BCUT2D eigenvalue weighted by molar-refractivity contribution is 0.205. The van der Waals surface area contributed by atoms with E-state index in [0.29, 0.717) is 67.4 Å². The molecule has 0 saturated heterocycles. The number of benzene rings is 3. The van der Waals surface area contributed by atoms with Gasteiger partial charge in [-0.3, -0.25) is 20.4 Å². The second-order valence-corrected chi connectivity index (χ2v) is 28.1. The number of hydrogen-bond acceptors (Lipinski definition) is 9. The molecule has 8 aromatic rings. The van der Waals surface area contributed by atoms with E-state index in [9.17, 15) is 28.0 Å². The van der Waals surface area contributed by atoms with E-state index in [1.165, 1.54) is 123 Å². The molecule has 4 aliphatic carbocycles. The Kier molecular flexibility index (Phi) is 19.9. The molecule has 0 unspecified atom stereocenters. The second kappa shape index (κ2) is 28.9. The fourth-order valence-corrected chi connectivity index (χ4v) is 14.3. The van der Waals surface area contributed by atoms with Crippen LogP contribution in [0.1, 0.15) is 174 Å². The highest BCUT2D eigenvalue weighted by Gasteiger charge is 2.36. The van der Waals surface area contributed by atoms with Gasteiger partial charge in [-0.1, -0.05) is 65.9 Å². The number of H-pyrrole nitrogens is 4. The predicted octanol–water partition coefficient (Wildman–Crippen LogP) is 15.3. The van der Waals surface area contributed by atoms with Crippen LogP contribution in [0.15, 0.2) is 92.5 Å². The number of fused-ring (bicyclic) bond motifs is 4. The highest BCUT2D eigenvalue weighted by Crippen LogP contribution is 2.43. The van der Waals surface area contributed by atoms with E-state index in [1.807, 2.05) is 65.3 Å². The number of carbonyl (C=O) groups excluding carboxylic acids is 4. The number of rotatable bonds is 8. The molecule has 16 rings (SSSR count). The molecule has 0 radical (unpaired) electrons. The number of aromatic nitrogens is 9.